The second kappa shape index (κ2) is 9.29. The van der Waals surface area contributed by atoms with Gasteiger partial charge < -0.3 is 11.1 Å². The molecule has 4 N–H and O–H groups in total. The van der Waals surface area contributed by atoms with Crippen molar-refractivity contribution in [2.24, 2.45) is 10.7 Å². The number of carbonyl (C=O) groups excluding carboxylic acids is 1. The van der Waals surface area contributed by atoms with Gasteiger partial charge in [-0.05, 0) is 60.0 Å². The summed E-state index contributed by atoms with van der Waals surface area (Å²) in [6, 6.07) is 15.2. The van der Waals surface area contributed by atoms with Gasteiger partial charge in [-0.3, -0.25) is 14.4 Å². The number of nitrogens with zero attached hydrogens (tertiary/aromatic N) is 2. The van der Waals surface area contributed by atoms with E-state index in [1.54, 1.807) is 61.8 Å². The zero-order chi connectivity index (χ0) is 24.5. The van der Waals surface area contributed by atoms with Gasteiger partial charge in [-0.25, -0.2) is 17.9 Å². The number of anilines is 1. The lowest BCUT2D eigenvalue weighted by atomic mass is 10.1. The minimum Gasteiger partial charge on any atom is -0.384 e. The second-order valence-electron chi connectivity index (χ2n) is 7.07. The molecule has 0 spiro atoms. The van der Waals surface area contributed by atoms with Crippen LogP contribution in [0.25, 0.3) is 16.5 Å². The molecule has 0 unspecified atom stereocenters. The van der Waals surface area contributed by atoms with Gasteiger partial charge in [-0.15, -0.1) is 11.3 Å². The van der Waals surface area contributed by atoms with Crippen molar-refractivity contribution in [3.63, 3.8) is 0 Å². The van der Waals surface area contributed by atoms with Crippen molar-refractivity contribution >= 4 is 61.3 Å². The van der Waals surface area contributed by atoms with Gasteiger partial charge in [0, 0.05) is 35.6 Å². The monoisotopic (exact) mass is 515 g/mol. The number of urea groups is 1. The van der Waals surface area contributed by atoms with Crippen LogP contribution in [0.3, 0.4) is 0 Å². The molecule has 0 atom stereocenters. The Kier molecular flexibility index (Phi) is 6.42. The number of pyridine rings is 1. The quantitative estimate of drug-likeness (QED) is 0.276. The van der Waals surface area contributed by atoms with Crippen LogP contribution in [0.15, 0.2) is 80.9 Å². The summed E-state index contributed by atoms with van der Waals surface area (Å²) in [5.74, 6) is 0.380. The molecule has 9 nitrogen and oxygen atoms in total. The maximum Gasteiger partial charge on any atom is 0.333 e. The fraction of sp³-hybridized carbons (Fsp3) is 0.0455. The normalized spacial score (nSPS) is 12.0. The Morgan fingerprint density at radius 2 is 1.82 bits per heavy atom. The van der Waals surface area contributed by atoms with Crippen LogP contribution in [-0.2, 0) is 10.0 Å². The van der Waals surface area contributed by atoms with Crippen molar-refractivity contribution in [2.75, 3.05) is 12.4 Å². The zero-order valence-electron chi connectivity index (χ0n) is 17.7. The van der Waals surface area contributed by atoms with E-state index < -0.39 is 16.1 Å². The third-order valence-corrected chi connectivity index (χ3v) is 7.94. The van der Waals surface area contributed by atoms with E-state index >= 15 is 0 Å². The van der Waals surface area contributed by atoms with Gasteiger partial charge in [0.05, 0.1) is 4.34 Å². The van der Waals surface area contributed by atoms with E-state index in [1.165, 1.54) is 16.7 Å². The molecule has 0 aliphatic carbocycles. The number of hydrogen-bond donors (Lipinski definition) is 3. The number of hydrogen-bond acceptors (Lipinski definition) is 6. The van der Waals surface area contributed by atoms with Crippen molar-refractivity contribution in [2.45, 2.75) is 4.21 Å². The molecule has 34 heavy (non-hydrogen) atoms. The number of fused-ring (bicyclic) bond motifs is 1. The van der Waals surface area contributed by atoms with E-state index in [0.29, 0.717) is 26.9 Å². The summed E-state index contributed by atoms with van der Waals surface area (Å²) in [5.41, 5.74) is 7.26. The van der Waals surface area contributed by atoms with E-state index in [0.717, 1.165) is 22.3 Å². The standard InChI is InChI=1S/C22H18ClN5O4S2/c1-25-20(24)14-2-7-17-13(12-14)10-11-28(21(17)29)16-5-3-15(4-6-16)26-22(30)27-34(31,32)19-9-8-18(23)33-19/h2-12H,1H3,(H2,24,25)(H2,26,27,30). The van der Waals surface area contributed by atoms with Crippen LogP contribution in [0.1, 0.15) is 5.56 Å². The van der Waals surface area contributed by atoms with Crippen molar-refractivity contribution in [1.82, 2.24) is 9.29 Å². The molecule has 0 bridgehead atoms. The smallest absolute Gasteiger partial charge is 0.333 e. The van der Waals surface area contributed by atoms with Crippen LogP contribution >= 0.6 is 22.9 Å². The highest BCUT2D eigenvalue weighted by Crippen LogP contribution is 2.25. The van der Waals surface area contributed by atoms with Gasteiger partial charge >= 0.3 is 6.03 Å². The average molecular weight is 516 g/mol. The predicted octanol–water partition coefficient (Wildman–Crippen LogP) is 3.55. The van der Waals surface area contributed by atoms with Gasteiger partial charge in [-0.1, -0.05) is 17.7 Å². The van der Waals surface area contributed by atoms with Crippen LogP contribution in [-0.4, -0.2) is 31.9 Å². The molecular weight excluding hydrogens is 498 g/mol. The number of carbonyl (C=O) groups is 1. The number of thiophene rings is 1. The highest BCUT2D eigenvalue weighted by atomic mass is 35.5. The number of amides is 2. The topological polar surface area (TPSA) is 136 Å². The SMILES string of the molecule is CN=C(N)c1ccc2c(=O)n(-c3ccc(NC(=O)NS(=O)(=O)c4ccc(Cl)s4)cc3)ccc2c1. The van der Waals surface area contributed by atoms with Gasteiger partial charge in [0.2, 0.25) is 0 Å². The number of sulfonamides is 1. The van der Waals surface area contributed by atoms with E-state index in [1.807, 2.05) is 4.72 Å². The van der Waals surface area contributed by atoms with Crippen molar-refractivity contribution in [1.29, 1.82) is 0 Å². The molecule has 4 aromatic rings. The summed E-state index contributed by atoms with van der Waals surface area (Å²) >= 11 is 6.60. The van der Waals surface area contributed by atoms with E-state index in [4.69, 9.17) is 17.3 Å². The molecule has 2 aromatic heterocycles. The lowest BCUT2D eigenvalue weighted by Crippen LogP contribution is -2.33. The van der Waals surface area contributed by atoms with Crippen LogP contribution < -0.4 is 21.3 Å². The summed E-state index contributed by atoms with van der Waals surface area (Å²) in [6.07, 6.45) is 1.64. The van der Waals surface area contributed by atoms with Crippen LogP contribution in [0.2, 0.25) is 4.34 Å². The van der Waals surface area contributed by atoms with Crippen molar-refractivity contribution in [3.8, 4) is 5.69 Å². The molecule has 0 saturated carbocycles. The van der Waals surface area contributed by atoms with E-state index in [9.17, 15) is 18.0 Å². The Balaban J connectivity index is 1.52. The van der Waals surface area contributed by atoms with Gasteiger partial charge in [0.25, 0.3) is 15.6 Å². The molecule has 0 radical (unpaired) electrons. The Hall–Kier alpha value is -3.67. The Morgan fingerprint density at radius 1 is 1.09 bits per heavy atom. The van der Waals surface area contributed by atoms with Crippen molar-refractivity contribution < 1.29 is 13.2 Å². The Bertz CT molecular complexity index is 1590. The van der Waals surface area contributed by atoms with Crippen LogP contribution in [0.5, 0.6) is 0 Å². The number of rotatable bonds is 5. The fourth-order valence-corrected chi connectivity index (χ4v) is 5.61. The lowest BCUT2D eigenvalue weighted by molar-refractivity contribution is 0.256. The number of nitrogens with two attached hydrogens (primary N) is 1. The number of aliphatic imine (C=N–C) groups is 1. The molecule has 0 aliphatic heterocycles. The zero-order valence-corrected chi connectivity index (χ0v) is 20.0. The summed E-state index contributed by atoms with van der Waals surface area (Å²) in [4.78, 5) is 29.1. The number of benzene rings is 2. The van der Waals surface area contributed by atoms with Gasteiger partial charge in [-0.2, -0.15) is 0 Å². The molecule has 0 fully saturated rings. The molecule has 2 aromatic carbocycles. The average Bonchev–Trinajstić information content (AvgIpc) is 3.26. The lowest BCUT2D eigenvalue weighted by Gasteiger charge is -2.10. The highest BCUT2D eigenvalue weighted by molar-refractivity contribution is 7.92. The third kappa shape index (κ3) is 4.81. The largest absolute Gasteiger partial charge is 0.384 e. The van der Waals surface area contributed by atoms with Crippen molar-refractivity contribution in [3.05, 3.63) is 87.1 Å². The molecular formula is C22H18ClN5O4S2. The molecule has 174 valence electrons. The van der Waals surface area contributed by atoms with E-state index in [2.05, 4.69) is 10.3 Å². The number of halogens is 1. The fourth-order valence-electron chi connectivity index (χ4n) is 3.22. The summed E-state index contributed by atoms with van der Waals surface area (Å²) in [6.45, 7) is 0. The van der Waals surface area contributed by atoms with Gasteiger partial charge in [0.1, 0.15) is 10.0 Å². The third-order valence-electron chi connectivity index (χ3n) is 4.88. The van der Waals surface area contributed by atoms with E-state index in [-0.39, 0.29) is 9.77 Å². The minimum absolute atomic E-state index is 0.0736. The molecule has 2 amide bonds. The first-order chi connectivity index (χ1) is 16.2. The van der Waals surface area contributed by atoms with Crippen LogP contribution in [0.4, 0.5) is 10.5 Å². The molecule has 0 aliphatic rings. The summed E-state index contributed by atoms with van der Waals surface area (Å²) in [7, 11) is -2.44. The first kappa shape index (κ1) is 23.5. The first-order valence-electron chi connectivity index (χ1n) is 9.75. The maximum atomic E-state index is 13.0. The molecule has 0 saturated heterocycles. The van der Waals surface area contributed by atoms with Gasteiger partial charge in [0.15, 0.2) is 0 Å². The summed E-state index contributed by atoms with van der Waals surface area (Å²) in [5, 5.41) is 3.69. The Labute approximate surface area is 203 Å². The predicted molar refractivity (Wildman–Crippen MR) is 135 cm³/mol. The maximum absolute atomic E-state index is 13.0. The number of nitrogens with one attached hydrogen (secondary N) is 2. The first-order valence-corrected chi connectivity index (χ1v) is 12.4. The second-order valence-corrected chi connectivity index (χ2v) is 10.7. The highest BCUT2D eigenvalue weighted by Gasteiger charge is 2.19. The molecule has 12 heteroatoms. The molecule has 2 heterocycles. The minimum atomic E-state index is -4.04. The Morgan fingerprint density at radius 3 is 2.47 bits per heavy atom. The number of amidine groups is 1. The molecule has 4 rings (SSSR count). The summed E-state index contributed by atoms with van der Waals surface area (Å²) < 4.78 is 28.1. The number of aromatic nitrogens is 1. The van der Waals surface area contributed by atoms with Crippen LogP contribution in [0, 0.1) is 0 Å².